The van der Waals surface area contributed by atoms with E-state index in [4.69, 9.17) is 11.6 Å². The van der Waals surface area contributed by atoms with Gasteiger partial charge in [-0.1, -0.05) is 16.8 Å². The van der Waals surface area contributed by atoms with Crippen LogP contribution in [0.5, 0.6) is 0 Å². The lowest BCUT2D eigenvalue weighted by Gasteiger charge is -2.11. The van der Waals surface area contributed by atoms with Gasteiger partial charge in [0.25, 0.3) is 5.91 Å². The van der Waals surface area contributed by atoms with Gasteiger partial charge in [-0.3, -0.25) is 4.79 Å². The van der Waals surface area contributed by atoms with Crippen LogP contribution in [0.4, 0.5) is 0 Å². The molecule has 19 heavy (non-hydrogen) atoms. The van der Waals surface area contributed by atoms with Gasteiger partial charge in [0.15, 0.2) is 5.82 Å². The lowest BCUT2D eigenvalue weighted by atomic mass is 10.2. The molecule has 0 saturated heterocycles. The minimum Gasteiger partial charge on any atom is -0.342 e. The van der Waals surface area contributed by atoms with E-state index in [-0.39, 0.29) is 11.9 Å². The summed E-state index contributed by atoms with van der Waals surface area (Å²) in [7, 11) is 0. The van der Waals surface area contributed by atoms with Crippen LogP contribution in [0.3, 0.4) is 0 Å². The van der Waals surface area contributed by atoms with Gasteiger partial charge in [0, 0.05) is 4.90 Å². The fraction of sp³-hybridized carbons (Fsp3) is 0.273. The molecule has 6 nitrogen and oxygen atoms in total. The molecule has 1 atom stereocenters. The van der Waals surface area contributed by atoms with Gasteiger partial charge in [0.2, 0.25) is 0 Å². The molecule has 2 rings (SSSR count). The lowest BCUT2D eigenvalue weighted by Crippen LogP contribution is -2.27. The smallest absolute Gasteiger partial charge is 0.253 e. The molecule has 0 saturated carbocycles. The van der Waals surface area contributed by atoms with Gasteiger partial charge in [-0.25, -0.2) is 0 Å². The normalized spacial score (nSPS) is 12.2. The molecule has 2 N–H and O–H groups in total. The van der Waals surface area contributed by atoms with Crippen LogP contribution in [0.2, 0.25) is 5.02 Å². The molecular formula is C11H12ClN5OS. The molecule has 0 aliphatic rings. The highest BCUT2D eigenvalue weighted by molar-refractivity contribution is 7.98. The molecule has 1 unspecified atom stereocenters. The second kappa shape index (κ2) is 6.03. The largest absolute Gasteiger partial charge is 0.342 e. The number of benzene rings is 1. The van der Waals surface area contributed by atoms with E-state index in [0.717, 1.165) is 4.90 Å². The fourth-order valence-electron chi connectivity index (χ4n) is 1.50. The summed E-state index contributed by atoms with van der Waals surface area (Å²) in [5.41, 5.74) is 0.434. The second-order valence-electron chi connectivity index (χ2n) is 3.81. The van der Waals surface area contributed by atoms with Crippen LogP contribution in [0.15, 0.2) is 23.1 Å². The Bertz CT molecular complexity index is 574. The number of carbonyl (C=O) groups is 1. The predicted octanol–water partition coefficient (Wildman–Crippen LogP) is 2.07. The van der Waals surface area contributed by atoms with E-state index in [1.165, 1.54) is 0 Å². The molecule has 2 aromatic rings. The van der Waals surface area contributed by atoms with Crippen molar-refractivity contribution in [1.29, 1.82) is 0 Å². The van der Waals surface area contributed by atoms with Crippen molar-refractivity contribution < 1.29 is 4.79 Å². The third-order valence-corrected chi connectivity index (χ3v) is 3.57. The number of hydrogen-bond acceptors (Lipinski definition) is 5. The zero-order valence-electron chi connectivity index (χ0n) is 10.3. The number of aromatic nitrogens is 4. The SMILES string of the molecule is CSc1ccc(Cl)c(C(=O)NC(C)c2nn[nH]n2)c1. The molecule has 0 fully saturated rings. The van der Waals surface area contributed by atoms with Crippen LogP contribution < -0.4 is 5.32 Å². The van der Waals surface area contributed by atoms with Gasteiger partial charge in [0.05, 0.1) is 16.6 Å². The topological polar surface area (TPSA) is 83.6 Å². The molecule has 1 aromatic heterocycles. The summed E-state index contributed by atoms with van der Waals surface area (Å²) in [5.74, 6) is 0.156. The summed E-state index contributed by atoms with van der Waals surface area (Å²) in [4.78, 5) is 13.1. The molecular weight excluding hydrogens is 286 g/mol. The third-order valence-electron chi connectivity index (χ3n) is 2.51. The van der Waals surface area contributed by atoms with Crippen molar-refractivity contribution in [3.63, 3.8) is 0 Å². The van der Waals surface area contributed by atoms with Crippen molar-refractivity contribution >= 4 is 29.3 Å². The average Bonchev–Trinajstić information content (AvgIpc) is 2.93. The first-order valence-corrected chi connectivity index (χ1v) is 7.10. The Morgan fingerprint density at radius 3 is 2.95 bits per heavy atom. The van der Waals surface area contributed by atoms with Gasteiger partial charge in [0.1, 0.15) is 0 Å². The zero-order chi connectivity index (χ0) is 13.8. The van der Waals surface area contributed by atoms with E-state index in [9.17, 15) is 4.79 Å². The van der Waals surface area contributed by atoms with Crippen LogP contribution in [0, 0.1) is 0 Å². The number of amides is 1. The molecule has 1 amide bonds. The van der Waals surface area contributed by atoms with Crippen LogP contribution >= 0.6 is 23.4 Å². The number of rotatable bonds is 4. The van der Waals surface area contributed by atoms with Crippen molar-refractivity contribution in [2.24, 2.45) is 0 Å². The highest BCUT2D eigenvalue weighted by Crippen LogP contribution is 2.23. The lowest BCUT2D eigenvalue weighted by molar-refractivity contribution is 0.0938. The molecule has 100 valence electrons. The molecule has 8 heteroatoms. The monoisotopic (exact) mass is 297 g/mol. The third kappa shape index (κ3) is 3.24. The van der Waals surface area contributed by atoms with E-state index in [2.05, 4.69) is 25.9 Å². The number of aromatic amines is 1. The molecule has 1 heterocycles. The average molecular weight is 298 g/mol. The molecule has 0 radical (unpaired) electrons. The van der Waals surface area contributed by atoms with Crippen molar-refractivity contribution in [2.75, 3.05) is 6.26 Å². The van der Waals surface area contributed by atoms with Crippen molar-refractivity contribution in [2.45, 2.75) is 17.9 Å². The van der Waals surface area contributed by atoms with Gasteiger partial charge < -0.3 is 5.32 Å². The fourth-order valence-corrected chi connectivity index (χ4v) is 2.14. The summed E-state index contributed by atoms with van der Waals surface area (Å²) in [6.07, 6.45) is 1.94. The maximum Gasteiger partial charge on any atom is 0.253 e. The number of halogens is 1. The van der Waals surface area contributed by atoms with E-state index in [1.54, 1.807) is 30.8 Å². The summed E-state index contributed by atoms with van der Waals surface area (Å²) in [5, 5.41) is 16.6. The van der Waals surface area contributed by atoms with Crippen LogP contribution in [-0.4, -0.2) is 32.8 Å². The Morgan fingerprint density at radius 2 is 2.32 bits per heavy atom. The highest BCUT2D eigenvalue weighted by atomic mass is 35.5. The molecule has 0 spiro atoms. The van der Waals surface area contributed by atoms with E-state index >= 15 is 0 Å². The van der Waals surface area contributed by atoms with E-state index < -0.39 is 0 Å². The summed E-state index contributed by atoms with van der Waals surface area (Å²) in [6.45, 7) is 1.77. The van der Waals surface area contributed by atoms with Crippen molar-refractivity contribution in [3.05, 3.63) is 34.6 Å². The number of carbonyl (C=O) groups excluding carboxylic acids is 1. The van der Waals surface area contributed by atoms with Crippen molar-refractivity contribution in [3.8, 4) is 0 Å². The molecule has 0 aliphatic carbocycles. The number of thioether (sulfide) groups is 1. The first-order chi connectivity index (χ1) is 9.11. The van der Waals surface area contributed by atoms with Gasteiger partial charge in [-0.15, -0.1) is 22.0 Å². The highest BCUT2D eigenvalue weighted by Gasteiger charge is 2.17. The number of nitrogens with one attached hydrogen (secondary N) is 2. The van der Waals surface area contributed by atoms with Gasteiger partial charge >= 0.3 is 0 Å². The molecule has 0 bridgehead atoms. The van der Waals surface area contributed by atoms with Crippen molar-refractivity contribution in [1.82, 2.24) is 25.9 Å². The van der Waals surface area contributed by atoms with Gasteiger partial charge in [-0.05, 0) is 31.4 Å². The molecule has 0 aliphatic heterocycles. The Balaban J connectivity index is 2.16. The van der Waals surface area contributed by atoms with Crippen LogP contribution in [-0.2, 0) is 0 Å². The second-order valence-corrected chi connectivity index (χ2v) is 5.10. The van der Waals surface area contributed by atoms with Crippen LogP contribution in [0.25, 0.3) is 0 Å². The predicted molar refractivity (Wildman–Crippen MR) is 73.3 cm³/mol. The minimum atomic E-state index is -0.347. The first-order valence-electron chi connectivity index (χ1n) is 5.49. The summed E-state index contributed by atoms with van der Waals surface area (Å²) < 4.78 is 0. The number of nitrogens with zero attached hydrogens (tertiary/aromatic N) is 3. The Kier molecular flexibility index (Phi) is 4.39. The van der Waals surface area contributed by atoms with E-state index in [1.807, 2.05) is 12.3 Å². The molecule has 1 aromatic carbocycles. The quantitative estimate of drug-likeness (QED) is 0.844. The Labute approximate surface area is 119 Å². The standard InChI is InChI=1S/C11H12ClN5OS/c1-6(10-14-16-17-15-10)13-11(18)8-5-7(19-2)3-4-9(8)12/h3-6H,1-2H3,(H,13,18)(H,14,15,16,17). The number of tetrazole rings is 1. The van der Waals surface area contributed by atoms with Gasteiger partial charge in [-0.2, -0.15) is 5.21 Å². The van der Waals surface area contributed by atoms with Crippen LogP contribution in [0.1, 0.15) is 29.1 Å². The Morgan fingerprint density at radius 1 is 1.53 bits per heavy atom. The first kappa shape index (κ1) is 13.8. The summed E-state index contributed by atoms with van der Waals surface area (Å²) >= 11 is 7.58. The minimum absolute atomic E-state index is 0.266. The maximum atomic E-state index is 12.1. The Hall–Kier alpha value is -1.60. The number of hydrogen-bond donors (Lipinski definition) is 2. The number of H-pyrrole nitrogens is 1. The zero-order valence-corrected chi connectivity index (χ0v) is 11.9. The van der Waals surface area contributed by atoms with E-state index in [0.29, 0.717) is 16.4 Å². The summed E-state index contributed by atoms with van der Waals surface area (Å²) in [6, 6.07) is 4.99. The maximum absolute atomic E-state index is 12.1.